The van der Waals surface area contributed by atoms with Crippen molar-refractivity contribution >= 4 is 55.7 Å². The number of nitrogens with one attached hydrogen (secondary N) is 1. The highest BCUT2D eigenvalue weighted by molar-refractivity contribution is 8.02. The van der Waals surface area contributed by atoms with Crippen molar-refractivity contribution in [1.82, 2.24) is 15.2 Å². The molecule has 0 aliphatic rings. The number of thioether (sulfide) groups is 1. The van der Waals surface area contributed by atoms with Gasteiger partial charge in [-0.3, -0.25) is 10.1 Å². The van der Waals surface area contributed by atoms with E-state index < -0.39 is 0 Å². The van der Waals surface area contributed by atoms with Gasteiger partial charge in [0.25, 0.3) is 0 Å². The Morgan fingerprint density at radius 3 is 2.78 bits per heavy atom. The highest BCUT2D eigenvalue weighted by Crippen LogP contribution is 2.33. The molecule has 120 valence electrons. The largest absolute Gasteiger partial charge is 0.300 e. The molecule has 0 aliphatic carbocycles. The van der Waals surface area contributed by atoms with E-state index in [0.29, 0.717) is 5.13 Å². The van der Waals surface area contributed by atoms with Gasteiger partial charge in [0.1, 0.15) is 5.01 Å². The zero-order chi connectivity index (χ0) is 16.2. The van der Waals surface area contributed by atoms with Crippen LogP contribution in [0.4, 0.5) is 5.13 Å². The summed E-state index contributed by atoms with van der Waals surface area (Å²) in [6.07, 6.45) is 1.55. The van der Waals surface area contributed by atoms with E-state index >= 15 is 0 Å². The van der Waals surface area contributed by atoms with Crippen LogP contribution in [0, 0.1) is 0 Å². The van der Waals surface area contributed by atoms with E-state index in [4.69, 9.17) is 0 Å². The first-order valence-corrected chi connectivity index (χ1v) is 9.86. The number of hydrogen-bond donors (Lipinski definition) is 1. The molecule has 1 N–H and O–H groups in total. The van der Waals surface area contributed by atoms with E-state index in [1.54, 1.807) is 11.3 Å². The number of carbonyl (C=O) groups excluding carboxylic acids is 1. The number of nitrogens with zero attached hydrogens (tertiary/aromatic N) is 3. The number of thiazole rings is 1. The van der Waals surface area contributed by atoms with E-state index in [2.05, 4.69) is 20.5 Å². The minimum Gasteiger partial charge on any atom is -0.300 e. The van der Waals surface area contributed by atoms with E-state index in [0.717, 1.165) is 32.4 Å². The van der Waals surface area contributed by atoms with Gasteiger partial charge >= 0.3 is 0 Å². The van der Waals surface area contributed by atoms with Gasteiger partial charge in [0.05, 0.1) is 15.5 Å². The highest BCUT2D eigenvalue weighted by Gasteiger charge is 2.21. The summed E-state index contributed by atoms with van der Waals surface area (Å²) in [5.74, 6) is -0.0458. The number of aromatic nitrogens is 3. The fourth-order valence-corrected chi connectivity index (χ4v) is 4.90. The molecule has 0 fully saturated rings. The third-order valence-corrected chi connectivity index (χ3v) is 6.66. The number of amides is 1. The van der Waals surface area contributed by atoms with Gasteiger partial charge in [-0.1, -0.05) is 49.1 Å². The molecule has 0 bridgehead atoms. The monoisotopic (exact) mass is 364 g/mol. The summed E-state index contributed by atoms with van der Waals surface area (Å²) in [5, 5.41) is 12.2. The number of hydrogen-bond acceptors (Lipinski definition) is 7. The van der Waals surface area contributed by atoms with E-state index in [1.165, 1.54) is 23.1 Å². The Kier molecular flexibility index (Phi) is 5.24. The van der Waals surface area contributed by atoms with Crippen molar-refractivity contribution in [2.24, 2.45) is 0 Å². The first-order chi connectivity index (χ1) is 11.2. The molecule has 2 heterocycles. The molecule has 0 saturated carbocycles. The summed E-state index contributed by atoms with van der Waals surface area (Å²) >= 11 is 4.55. The lowest BCUT2D eigenvalue weighted by Crippen LogP contribution is -2.24. The molecule has 1 unspecified atom stereocenters. The normalized spacial score (nSPS) is 12.4. The Bertz CT molecular complexity index is 781. The molecule has 1 atom stereocenters. The van der Waals surface area contributed by atoms with Crippen LogP contribution in [0.5, 0.6) is 0 Å². The maximum atomic E-state index is 12.4. The molecular formula is C15H16N4OS3. The van der Waals surface area contributed by atoms with Crippen LogP contribution in [0.1, 0.15) is 25.3 Å². The van der Waals surface area contributed by atoms with Crippen LogP contribution in [-0.4, -0.2) is 26.3 Å². The second-order valence-corrected chi connectivity index (χ2v) is 8.35. The van der Waals surface area contributed by atoms with Crippen LogP contribution >= 0.6 is 34.4 Å². The number of anilines is 1. The lowest BCUT2D eigenvalue weighted by Gasteiger charge is -2.11. The number of para-hydroxylation sites is 1. The van der Waals surface area contributed by atoms with Crippen molar-refractivity contribution < 1.29 is 4.79 Å². The molecule has 3 rings (SSSR count). The molecule has 23 heavy (non-hydrogen) atoms. The SMILES string of the molecule is CCc1nnc(NC(=O)C(CC)Sc2nc3ccccc3s2)s1. The van der Waals surface area contributed by atoms with Gasteiger partial charge < -0.3 is 0 Å². The molecule has 1 amide bonds. The Hall–Kier alpha value is -1.51. The number of rotatable bonds is 6. The lowest BCUT2D eigenvalue weighted by molar-refractivity contribution is -0.115. The summed E-state index contributed by atoms with van der Waals surface area (Å²) in [6, 6.07) is 8.01. The van der Waals surface area contributed by atoms with Crippen molar-refractivity contribution in [1.29, 1.82) is 0 Å². The third kappa shape index (κ3) is 3.88. The van der Waals surface area contributed by atoms with Crippen LogP contribution in [0.2, 0.25) is 0 Å². The van der Waals surface area contributed by atoms with Gasteiger partial charge in [-0.25, -0.2) is 4.98 Å². The van der Waals surface area contributed by atoms with Crippen LogP contribution in [-0.2, 0) is 11.2 Å². The zero-order valence-corrected chi connectivity index (χ0v) is 15.2. The van der Waals surface area contributed by atoms with E-state index in [9.17, 15) is 4.79 Å². The Balaban J connectivity index is 1.69. The van der Waals surface area contributed by atoms with Gasteiger partial charge in [0.2, 0.25) is 11.0 Å². The molecule has 5 nitrogen and oxygen atoms in total. The maximum Gasteiger partial charge on any atom is 0.239 e. The second kappa shape index (κ2) is 7.37. The Morgan fingerprint density at radius 1 is 1.26 bits per heavy atom. The van der Waals surface area contributed by atoms with Crippen molar-refractivity contribution in [3.8, 4) is 0 Å². The van der Waals surface area contributed by atoms with Crippen LogP contribution in [0.25, 0.3) is 10.2 Å². The molecule has 0 spiro atoms. The van der Waals surface area contributed by atoms with Crippen molar-refractivity contribution in [2.75, 3.05) is 5.32 Å². The quantitative estimate of drug-likeness (QED) is 0.663. The van der Waals surface area contributed by atoms with E-state index in [1.807, 2.05) is 38.1 Å². The predicted octanol–water partition coefficient (Wildman–Crippen LogP) is 4.22. The standard InChI is InChI=1S/C15H16N4OS3/c1-3-10(13(20)17-14-19-18-12(4-2)23-14)21-15-16-9-7-5-6-8-11(9)22-15/h5-8,10H,3-4H2,1-2H3,(H,17,19,20). The average Bonchev–Trinajstić information content (AvgIpc) is 3.18. The zero-order valence-electron chi connectivity index (χ0n) is 12.8. The second-order valence-electron chi connectivity index (χ2n) is 4.81. The topological polar surface area (TPSA) is 67.8 Å². The van der Waals surface area contributed by atoms with Crippen LogP contribution in [0.15, 0.2) is 28.6 Å². The summed E-state index contributed by atoms with van der Waals surface area (Å²) in [5.41, 5.74) is 0.979. The lowest BCUT2D eigenvalue weighted by atomic mass is 10.3. The average molecular weight is 365 g/mol. The maximum absolute atomic E-state index is 12.4. The molecule has 1 aromatic carbocycles. The first-order valence-electron chi connectivity index (χ1n) is 7.35. The fourth-order valence-electron chi connectivity index (χ4n) is 1.98. The van der Waals surface area contributed by atoms with E-state index in [-0.39, 0.29) is 11.2 Å². The van der Waals surface area contributed by atoms with Gasteiger partial charge in [0.15, 0.2) is 4.34 Å². The number of fused-ring (bicyclic) bond motifs is 1. The summed E-state index contributed by atoms with van der Waals surface area (Å²) in [7, 11) is 0. The molecule has 8 heteroatoms. The Morgan fingerprint density at radius 2 is 2.09 bits per heavy atom. The van der Waals surface area contributed by atoms with Gasteiger partial charge in [-0.2, -0.15) is 0 Å². The summed E-state index contributed by atoms with van der Waals surface area (Å²) < 4.78 is 2.06. The molecule has 0 aliphatic heterocycles. The summed E-state index contributed by atoms with van der Waals surface area (Å²) in [4.78, 5) is 17.0. The van der Waals surface area contributed by atoms with Crippen molar-refractivity contribution in [3.63, 3.8) is 0 Å². The highest BCUT2D eigenvalue weighted by atomic mass is 32.2. The van der Waals surface area contributed by atoms with Crippen LogP contribution < -0.4 is 5.32 Å². The first kappa shape index (κ1) is 16.4. The van der Waals surface area contributed by atoms with Crippen LogP contribution in [0.3, 0.4) is 0 Å². The molecular weight excluding hydrogens is 348 g/mol. The molecule has 3 aromatic rings. The molecule has 2 aromatic heterocycles. The molecule has 0 saturated heterocycles. The predicted molar refractivity (Wildman–Crippen MR) is 97.5 cm³/mol. The third-order valence-electron chi connectivity index (χ3n) is 3.18. The molecule has 0 radical (unpaired) electrons. The minimum atomic E-state index is -0.190. The Labute approximate surface area is 146 Å². The number of benzene rings is 1. The fraction of sp³-hybridized carbons (Fsp3) is 0.333. The van der Waals surface area contributed by atoms with Crippen molar-refractivity contribution in [2.45, 2.75) is 36.3 Å². The number of aryl methyl sites for hydroxylation is 1. The number of carbonyl (C=O) groups is 1. The van der Waals surface area contributed by atoms with Gasteiger partial charge in [0, 0.05) is 0 Å². The minimum absolute atomic E-state index is 0.0458. The van der Waals surface area contributed by atoms with Crippen molar-refractivity contribution in [3.05, 3.63) is 29.3 Å². The smallest absolute Gasteiger partial charge is 0.239 e. The summed E-state index contributed by atoms with van der Waals surface area (Å²) in [6.45, 7) is 4.02. The van der Waals surface area contributed by atoms with Gasteiger partial charge in [-0.15, -0.1) is 21.5 Å². The van der Waals surface area contributed by atoms with Gasteiger partial charge in [-0.05, 0) is 25.0 Å².